The van der Waals surface area contributed by atoms with E-state index in [2.05, 4.69) is 11.1 Å². The minimum Gasteiger partial charge on any atom is -0.491 e. The van der Waals surface area contributed by atoms with Gasteiger partial charge >= 0.3 is 0 Å². The summed E-state index contributed by atoms with van der Waals surface area (Å²) >= 11 is 7.49. The molecule has 0 unspecified atom stereocenters. The molecule has 0 aliphatic rings. The van der Waals surface area contributed by atoms with E-state index in [1.54, 1.807) is 6.07 Å². The van der Waals surface area contributed by atoms with Crippen LogP contribution in [0.25, 0.3) is 0 Å². The molecule has 2 rings (SSSR count). The van der Waals surface area contributed by atoms with Gasteiger partial charge in [-0.25, -0.2) is 4.99 Å². The van der Waals surface area contributed by atoms with E-state index >= 15 is 0 Å². The number of aryl methyl sites for hydroxylation is 2. The Kier molecular flexibility index (Phi) is 6.16. The third-order valence-electron chi connectivity index (χ3n) is 2.87. The maximum absolute atomic E-state index is 6.02. The summed E-state index contributed by atoms with van der Waals surface area (Å²) in [5.41, 5.74) is 9.19. The van der Waals surface area contributed by atoms with E-state index < -0.39 is 0 Å². The van der Waals surface area contributed by atoms with Gasteiger partial charge in [-0.2, -0.15) is 0 Å². The van der Waals surface area contributed by atoms with Gasteiger partial charge in [-0.1, -0.05) is 41.6 Å². The van der Waals surface area contributed by atoms with Crippen molar-refractivity contribution in [2.75, 3.05) is 12.4 Å². The van der Waals surface area contributed by atoms with Crippen LogP contribution in [-0.4, -0.2) is 17.5 Å². The molecule has 0 aromatic heterocycles. The highest BCUT2D eigenvalue weighted by Crippen LogP contribution is 2.23. The van der Waals surface area contributed by atoms with E-state index in [0.717, 1.165) is 5.69 Å². The number of nitrogens with two attached hydrogens (primary N) is 1. The summed E-state index contributed by atoms with van der Waals surface area (Å²) in [5, 5.41) is 1.15. The second-order valence-corrected chi connectivity index (χ2v) is 6.45. The van der Waals surface area contributed by atoms with Crippen LogP contribution < -0.4 is 10.5 Å². The molecule has 116 valence electrons. The fourth-order valence-corrected chi connectivity index (χ4v) is 2.77. The summed E-state index contributed by atoms with van der Waals surface area (Å²) in [6.07, 6.45) is 0. The maximum atomic E-state index is 6.02. The number of halogens is 1. The first-order chi connectivity index (χ1) is 10.5. The van der Waals surface area contributed by atoms with Gasteiger partial charge in [-0.05, 0) is 49.2 Å². The monoisotopic (exact) mass is 334 g/mol. The van der Waals surface area contributed by atoms with Gasteiger partial charge in [0.2, 0.25) is 0 Å². The zero-order chi connectivity index (χ0) is 15.9. The van der Waals surface area contributed by atoms with E-state index in [0.29, 0.717) is 28.3 Å². The van der Waals surface area contributed by atoms with Crippen LogP contribution in [0.2, 0.25) is 5.02 Å². The van der Waals surface area contributed by atoms with Crippen LogP contribution in [0, 0.1) is 13.8 Å². The first-order valence-electron chi connectivity index (χ1n) is 6.97. The molecule has 3 nitrogen and oxygen atoms in total. The summed E-state index contributed by atoms with van der Waals surface area (Å²) in [4.78, 5) is 4.42. The number of amidine groups is 1. The summed E-state index contributed by atoms with van der Waals surface area (Å²) < 4.78 is 5.61. The van der Waals surface area contributed by atoms with Crippen molar-refractivity contribution in [2.24, 2.45) is 10.7 Å². The molecule has 2 aromatic rings. The van der Waals surface area contributed by atoms with Gasteiger partial charge in [0.25, 0.3) is 0 Å². The number of hydrogen-bond acceptors (Lipinski definition) is 3. The highest BCUT2D eigenvalue weighted by atomic mass is 35.5. The van der Waals surface area contributed by atoms with E-state index in [1.165, 1.54) is 22.9 Å². The van der Waals surface area contributed by atoms with Gasteiger partial charge in [-0.3, -0.25) is 0 Å². The highest BCUT2D eigenvalue weighted by molar-refractivity contribution is 8.13. The molecule has 5 heteroatoms. The van der Waals surface area contributed by atoms with Crippen LogP contribution in [0.4, 0.5) is 5.69 Å². The van der Waals surface area contributed by atoms with E-state index in [-0.39, 0.29) is 0 Å². The molecule has 2 aromatic carbocycles. The van der Waals surface area contributed by atoms with Crippen molar-refractivity contribution < 1.29 is 4.74 Å². The zero-order valence-electron chi connectivity index (χ0n) is 12.7. The zero-order valence-corrected chi connectivity index (χ0v) is 14.2. The Morgan fingerprint density at radius 1 is 1.18 bits per heavy atom. The van der Waals surface area contributed by atoms with Gasteiger partial charge in [0.15, 0.2) is 5.17 Å². The molecule has 0 saturated heterocycles. The number of ether oxygens (including phenoxy) is 1. The molecule has 22 heavy (non-hydrogen) atoms. The minimum atomic E-state index is 0.525. The Morgan fingerprint density at radius 2 is 1.86 bits per heavy atom. The Hall–Kier alpha value is -1.65. The fraction of sp³-hybridized carbons (Fsp3) is 0.235. The lowest BCUT2D eigenvalue weighted by Gasteiger charge is -2.07. The van der Waals surface area contributed by atoms with Crippen molar-refractivity contribution in [1.82, 2.24) is 0 Å². The predicted molar refractivity (Wildman–Crippen MR) is 96.6 cm³/mol. The highest BCUT2D eigenvalue weighted by Gasteiger charge is 2.01. The molecule has 0 atom stereocenters. The summed E-state index contributed by atoms with van der Waals surface area (Å²) in [6.45, 7) is 4.62. The Labute approximate surface area is 140 Å². The second kappa shape index (κ2) is 8.11. The van der Waals surface area contributed by atoms with Gasteiger partial charge in [0.1, 0.15) is 5.75 Å². The maximum Gasteiger partial charge on any atom is 0.159 e. The number of thioether (sulfide) groups is 1. The van der Waals surface area contributed by atoms with Crippen molar-refractivity contribution in [1.29, 1.82) is 0 Å². The lowest BCUT2D eigenvalue weighted by atomic mass is 10.1. The van der Waals surface area contributed by atoms with Gasteiger partial charge in [-0.15, -0.1) is 0 Å². The molecule has 0 aliphatic carbocycles. The molecule has 0 bridgehead atoms. The number of para-hydroxylation sites is 1. The average Bonchev–Trinajstić information content (AvgIpc) is 2.44. The number of benzene rings is 2. The minimum absolute atomic E-state index is 0.525. The van der Waals surface area contributed by atoms with Crippen molar-refractivity contribution >= 4 is 34.2 Å². The van der Waals surface area contributed by atoms with Gasteiger partial charge < -0.3 is 10.5 Å². The number of rotatable bonds is 5. The largest absolute Gasteiger partial charge is 0.491 e. The number of nitrogens with zero attached hydrogens (tertiary/aromatic N) is 1. The van der Waals surface area contributed by atoms with Crippen LogP contribution in [-0.2, 0) is 0 Å². The van der Waals surface area contributed by atoms with E-state index in [1.807, 2.05) is 44.2 Å². The van der Waals surface area contributed by atoms with Crippen LogP contribution >= 0.6 is 23.4 Å². The van der Waals surface area contributed by atoms with Crippen molar-refractivity contribution in [3.63, 3.8) is 0 Å². The summed E-state index contributed by atoms with van der Waals surface area (Å²) in [5.74, 6) is 1.40. The number of hydrogen-bond donors (Lipinski definition) is 1. The average molecular weight is 335 g/mol. The van der Waals surface area contributed by atoms with Gasteiger partial charge in [0, 0.05) is 5.75 Å². The molecular weight excluding hydrogens is 316 g/mol. The molecule has 0 amide bonds. The van der Waals surface area contributed by atoms with Gasteiger partial charge in [0.05, 0.1) is 17.3 Å². The fourth-order valence-electron chi connectivity index (χ4n) is 2.03. The molecule has 0 aliphatic heterocycles. The quantitative estimate of drug-likeness (QED) is 0.489. The molecule has 0 spiro atoms. The summed E-state index contributed by atoms with van der Waals surface area (Å²) in [6, 6.07) is 13.6. The Bertz CT molecular complexity index is 653. The van der Waals surface area contributed by atoms with Crippen molar-refractivity contribution in [3.8, 4) is 5.75 Å². The SMILES string of the molecule is Cc1cc(C)cc(N=C(N)SCCOc2ccccc2Cl)c1. The third-order valence-corrected chi connectivity index (χ3v) is 3.94. The summed E-state index contributed by atoms with van der Waals surface area (Å²) in [7, 11) is 0. The molecule has 0 heterocycles. The Balaban J connectivity index is 1.83. The third kappa shape index (κ3) is 5.28. The lowest BCUT2D eigenvalue weighted by molar-refractivity contribution is 0.344. The van der Waals surface area contributed by atoms with E-state index in [9.17, 15) is 0 Å². The van der Waals surface area contributed by atoms with Crippen LogP contribution in [0.3, 0.4) is 0 Å². The number of aliphatic imine (C=N–C) groups is 1. The van der Waals surface area contributed by atoms with Crippen LogP contribution in [0.1, 0.15) is 11.1 Å². The van der Waals surface area contributed by atoms with Crippen LogP contribution in [0.15, 0.2) is 47.5 Å². The molecule has 0 radical (unpaired) electrons. The van der Waals surface area contributed by atoms with Crippen molar-refractivity contribution in [3.05, 3.63) is 58.6 Å². The molecular formula is C17H19ClN2OS. The first kappa shape index (κ1) is 16.7. The molecule has 0 fully saturated rings. The van der Waals surface area contributed by atoms with Crippen LogP contribution in [0.5, 0.6) is 5.75 Å². The first-order valence-corrected chi connectivity index (χ1v) is 8.33. The van der Waals surface area contributed by atoms with Crippen molar-refractivity contribution in [2.45, 2.75) is 13.8 Å². The molecule has 2 N–H and O–H groups in total. The predicted octanol–water partition coefficient (Wildman–Crippen LogP) is 4.72. The normalized spacial score (nSPS) is 11.5. The second-order valence-electron chi connectivity index (χ2n) is 4.92. The lowest BCUT2D eigenvalue weighted by Crippen LogP contribution is -2.10. The topological polar surface area (TPSA) is 47.6 Å². The standard InChI is InChI=1S/C17H19ClN2OS/c1-12-9-13(2)11-14(10-12)20-17(19)22-8-7-21-16-6-4-3-5-15(16)18/h3-6,9-11H,7-8H2,1-2H3,(H2,19,20). The molecule has 0 saturated carbocycles. The Morgan fingerprint density at radius 3 is 2.55 bits per heavy atom. The van der Waals surface area contributed by atoms with E-state index in [4.69, 9.17) is 22.1 Å². The smallest absolute Gasteiger partial charge is 0.159 e.